The van der Waals surface area contributed by atoms with E-state index in [2.05, 4.69) is 37.2 Å². The Morgan fingerprint density at radius 1 is 0.850 bits per heavy atom. The highest BCUT2D eigenvalue weighted by molar-refractivity contribution is 9.13. The highest BCUT2D eigenvalue weighted by atomic mass is 79.9. The van der Waals surface area contributed by atoms with Gasteiger partial charge in [-0.15, -0.1) is 0 Å². The van der Waals surface area contributed by atoms with Gasteiger partial charge in [0.25, 0.3) is 0 Å². The molecule has 20 heavy (non-hydrogen) atoms. The van der Waals surface area contributed by atoms with Gasteiger partial charge in [0.05, 0.1) is 22.5 Å². The van der Waals surface area contributed by atoms with Gasteiger partial charge in [0.15, 0.2) is 11.5 Å². The fraction of sp³-hybridized carbons (Fsp3) is 0. The van der Waals surface area contributed by atoms with Gasteiger partial charge < -0.3 is 10.1 Å². The van der Waals surface area contributed by atoms with Crippen LogP contribution in [0, 0.1) is 22.7 Å². The number of nitriles is 2. The highest BCUT2D eigenvalue weighted by Crippen LogP contribution is 2.45. The van der Waals surface area contributed by atoms with Crippen molar-refractivity contribution in [3.8, 4) is 23.6 Å². The maximum absolute atomic E-state index is 9.04. The molecule has 0 fully saturated rings. The van der Waals surface area contributed by atoms with Crippen molar-refractivity contribution < 1.29 is 4.74 Å². The molecule has 0 bridgehead atoms. The van der Waals surface area contributed by atoms with Crippen LogP contribution in [0.25, 0.3) is 0 Å². The summed E-state index contributed by atoms with van der Waals surface area (Å²) in [6.07, 6.45) is 0. The first-order chi connectivity index (χ1) is 9.62. The summed E-state index contributed by atoms with van der Waals surface area (Å²) in [4.78, 5) is 0. The van der Waals surface area contributed by atoms with Crippen molar-refractivity contribution in [3.63, 3.8) is 0 Å². The monoisotopic (exact) mass is 389 g/mol. The number of ether oxygens (including phenoxy) is 1. The molecule has 0 atom stereocenters. The Kier molecular flexibility index (Phi) is 3.13. The molecule has 0 radical (unpaired) electrons. The van der Waals surface area contributed by atoms with Gasteiger partial charge in [-0.05, 0) is 50.1 Å². The first-order valence-electron chi connectivity index (χ1n) is 5.54. The average molecular weight is 391 g/mol. The first-order valence-corrected chi connectivity index (χ1v) is 7.13. The number of rotatable bonds is 0. The van der Waals surface area contributed by atoms with Gasteiger partial charge in [-0.3, -0.25) is 0 Å². The van der Waals surface area contributed by atoms with Crippen molar-refractivity contribution in [3.05, 3.63) is 44.3 Å². The largest absolute Gasteiger partial charge is 0.453 e. The van der Waals surface area contributed by atoms with Crippen LogP contribution in [-0.4, -0.2) is 0 Å². The molecule has 2 aromatic carbocycles. The molecule has 6 heteroatoms. The molecule has 3 rings (SSSR count). The summed E-state index contributed by atoms with van der Waals surface area (Å²) in [5, 5.41) is 21.3. The molecule has 0 spiro atoms. The van der Waals surface area contributed by atoms with Crippen molar-refractivity contribution in [1.82, 2.24) is 0 Å². The predicted molar refractivity (Wildman–Crippen MR) is 81.1 cm³/mol. The van der Waals surface area contributed by atoms with E-state index in [1.807, 2.05) is 24.3 Å². The molecule has 96 valence electrons. The summed E-state index contributed by atoms with van der Waals surface area (Å²) in [5.41, 5.74) is 2.08. The number of nitrogens with zero attached hydrogens (tertiary/aromatic N) is 2. The fourth-order valence-corrected chi connectivity index (χ4v) is 2.59. The van der Waals surface area contributed by atoms with Crippen LogP contribution in [-0.2, 0) is 0 Å². The zero-order valence-electron chi connectivity index (χ0n) is 9.87. The first kappa shape index (κ1) is 13.0. The molecule has 0 aliphatic carbocycles. The summed E-state index contributed by atoms with van der Waals surface area (Å²) in [5.74, 6) is 1.18. The van der Waals surface area contributed by atoms with Crippen LogP contribution in [0.2, 0.25) is 0 Å². The lowest BCUT2D eigenvalue weighted by Gasteiger charge is -2.22. The van der Waals surface area contributed by atoms with E-state index < -0.39 is 0 Å². The number of anilines is 2. The second kappa shape index (κ2) is 4.82. The van der Waals surface area contributed by atoms with E-state index in [0.717, 1.165) is 14.6 Å². The quantitative estimate of drug-likeness (QED) is 0.598. The van der Waals surface area contributed by atoms with Gasteiger partial charge >= 0.3 is 0 Å². The van der Waals surface area contributed by atoms with Crippen molar-refractivity contribution in [2.45, 2.75) is 0 Å². The molecule has 0 saturated carbocycles. The van der Waals surface area contributed by atoms with E-state index in [4.69, 9.17) is 15.3 Å². The molecule has 1 N–H and O–H groups in total. The highest BCUT2D eigenvalue weighted by Gasteiger charge is 2.20. The number of nitrogens with one attached hydrogen (secondary N) is 1. The number of hydrogen-bond acceptors (Lipinski definition) is 4. The average Bonchev–Trinajstić information content (AvgIpc) is 2.45. The van der Waals surface area contributed by atoms with Gasteiger partial charge in [0.2, 0.25) is 0 Å². The van der Waals surface area contributed by atoms with Gasteiger partial charge in [0, 0.05) is 15.0 Å². The standard InChI is InChI=1S/C14H5Br2N3O/c15-9-3-12-14(4-10(9)16)20-13-2-8(6-18)7(5-17)1-11(13)19-12/h1-4,19H. The Balaban J connectivity index is 2.14. The van der Waals surface area contributed by atoms with Crippen LogP contribution in [0.4, 0.5) is 11.4 Å². The third-order valence-corrected chi connectivity index (χ3v) is 4.72. The summed E-state index contributed by atoms with van der Waals surface area (Å²) >= 11 is 6.84. The molecule has 2 aromatic rings. The Labute approximate surface area is 131 Å². The minimum Gasteiger partial charge on any atom is -0.453 e. The lowest BCUT2D eigenvalue weighted by Crippen LogP contribution is -2.04. The van der Waals surface area contributed by atoms with Crippen LogP contribution in [0.5, 0.6) is 11.5 Å². The van der Waals surface area contributed by atoms with Crippen LogP contribution < -0.4 is 10.1 Å². The fourth-order valence-electron chi connectivity index (χ4n) is 1.92. The van der Waals surface area contributed by atoms with Gasteiger partial charge in [-0.25, -0.2) is 0 Å². The van der Waals surface area contributed by atoms with E-state index in [1.54, 1.807) is 12.1 Å². The minimum atomic E-state index is 0.299. The Bertz CT molecular complexity index is 751. The van der Waals surface area contributed by atoms with E-state index in [9.17, 15) is 0 Å². The molecule has 1 heterocycles. The Morgan fingerprint density at radius 2 is 1.40 bits per heavy atom. The zero-order chi connectivity index (χ0) is 14.3. The summed E-state index contributed by atoms with van der Waals surface area (Å²) in [6, 6.07) is 10.9. The number of fused-ring (bicyclic) bond motifs is 2. The Hall–Kier alpha value is -2.02. The van der Waals surface area contributed by atoms with Crippen LogP contribution >= 0.6 is 31.9 Å². The van der Waals surface area contributed by atoms with E-state index in [0.29, 0.717) is 28.3 Å². The molecule has 0 unspecified atom stereocenters. The second-order valence-electron chi connectivity index (χ2n) is 4.11. The maximum atomic E-state index is 9.04. The molecule has 1 aliphatic heterocycles. The molecule has 0 saturated heterocycles. The third kappa shape index (κ3) is 2.03. The molecule has 4 nitrogen and oxygen atoms in total. The van der Waals surface area contributed by atoms with Crippen molar-refractivity contribution in [2.75, 3.05) is 5.32 Å². The lowest BCUT2D eigenvalue weighted by molar-refractivity contribution is 0.480. The zero-order valence-corrected chi connectivity index (χ0v) is 13.0. The smallest absolute Gasteiger partial charge is 0.152 e. The summed E-state index contributed by atoms with van der Waals surface area (Å²) < 4.78 is 7.55. The Morgan fingerprint density at radius 3 is 2.10 bits per heavy atom. The van der Waals surface area contributed by atoms with Crippen LogP contribution in [0.3, 0.4) is 0 Å². The van der Waals surface area contributed by atoms with Gasteiger partial charge in [-0.1, -0.05) is 0 Å². The number of halogens is 2. The summed E-state index contributed by atoms with van der Waals surface area (Å²) in [6.45, 7) is 0. The molecule has 0 amide bonds. The van der Waals surface area contributed by atoms with E-state index in [-0.39, 0.29) is 0 Å². The van der Waals surface area contributed by atoms with Crippen molar-refractivity contribution in [1.29, 1.82) is 10.5 Å². The van der Waals surface area contributed by atoms with Gasteiger partial charge in [-0.2, -0.15) is 10.5 Å². The second-order valence-corrected chi connectivity index (χ2v) is 5.82. The van der Waals surface area contributed by atoms with E-state index in [1.165, 1.54) is 0 Å². The topological polar surface area (TPSA) is 68.8 Å². The number of benzene rings is 2. The van der Waals surface area contributed by atoms with Gasteiger partial charge in [0.1, 0.15) is 12.1 Å². The molecular weight excluding hydrogens is 386 g/mol. The van der Waals surface area contributed by atoms with Crippen LogP contribution in [0.15, 0.2) is 33.2 Å². The van der Waals surface area contributed by atoms with Crippen molar-refractivity contribution in [2.24, 2.45) is 0 Å². The third-order valence-electron chi connectivity index (χ3n) is 2.87. The van der Waals surface area contributed by atoms with Crippen molar-refractivity contribution >= 4 is 43.2 Å². The maximum Gasteiger partial charge on any atom is 0.152 e. The normalized spacial score (nSPS) is 11.2. The lowest BCUT2D eigenvalue weighted by atomic mass is 10.1. The van der Waals surface area contributed by atoms with Crippen LogP contribution in [0.1, 0.15) is 11.1 Å². The molecule has 0 aromatic heterocycles. The predicted octanol–water partition coefficient (Wildman–Crippen LogP) is 4.80. The molecule has 1 aliphatic rings. The SMILES string of the molecule is N#Cc1cc2c(cc1C#N)Oc1cc(Br)c(Br)cc1N2. The minimum absolute atomic E-state index is 0.299. The number of hydrogen-bond donors (Lipinski definition) is 1. The van der Waals surface area contributed by atoms with E-state index >= 15 is 0 Å². The summed E-state index contributed by atoms with van der Waals surface area (Å²) in [7, 11) is 0. The molecular formula is C14H5Br2N3O.